The van der Waals surface area contributed by atoms with Gasteiger partial charge in [0.05, 0.1) is 25.3 Å². The molecule has 3 aliphatic heterocycles. The standard InChI is InChI=1S/C29H44N2O4/c1-6-7-8-9-20(2)21(3)22-16-25(32)28-23-18-31(27(33)19-30-12-14-34-15-13-30)11-10-24(23)29(4,5)35-26(28)17-22/h16-18,20-21,24,32H,6-15,19H2,1-5H3. The molecule has 1 amide bonds. The number of fused-ring (bicyclic) bond motifs is 3. The minimum Gasteiger partial charge on any atom is -0.507 e. The Kier molecular flexibility index (Phi) is 8.12. The van der Waals surface area contributed by atoms with Crippen LogP contribution in [-0.2, 0) is 9.53 Å². The monoisotopic (exact) mass is 484 g/mol. The summed E-state index contributed by atoms with van der Waals surface area (Å²) < 4.78 is 11.9. The summed E-state index contributed by atoms with van der Waals surface area (Å²) in [5.41, 5.74) is 2.49. The van der Waals surface area contributed by atoms with Crippen LogP contribution >= 0.6 is 0 Å². The summed E-state index contributed by atoms with van der Waals surface area (Å²) in [5, 5.41) is 11.2. The number of hydrogen-bond acceptors (Lipinski definition) is 5. The number of unbranched alkanes of at least 4 members (excludes halogenated alkanes) is 2. The van der Waals surface area contributed by atoms with Gasteiger partial charge in [0.1, 0.15) is 17.1 Å². The molecule has 0 aromatic heterocycles. The molecule has 3 aliphatic rings. The SMILES string of the molecule is CCCCCC(C)C(C)c1cc(O)c2c(c1)OC(C)(C)C1CCN(C(=O)CN3CCOCC3)C=C21. The zero-order valence-corrected chi connectivity index (χ0v) is 22.3. The Hall–Kier alpha value is -2.05. The van der Waals surface area contributed by atoms with E-state index in [9.17, 15) is 9.90 Å². The van der Waals surface area contributed by atoms with Crippen LogP contribution in [0.4, 0.5) is 0 Å². The smallest absolute Gasteiger partial charge is 0.240 e. The number of benzene rings is 1. The summed E-state index contributed by atoms with van der Waals surface area (Å²) in [6.07, 6.45) is 7.72. The lowest BCUT2D eigenvalue weighted by Crippen LogP contribution is -2.48. The predicted octanol–water partition coefficient (Wildman–Crippen LogP) is 5.40. The van der Waals surface area contributed by atoms with Gasteiger partial charge in [-0.2, -0.15) is 0 Å². The molecule has 0 saturated carbocycles. The van der Waals surface area contributed by atoms with Crippen LogP contribution in [0.2, 0.25) is 0 Å². The molecule has 1 saturated heterocycles. The van der Waals surface area contributed by atoms with Gasteiger partial charge in [0.2, 0.25) is 5.91 Å². The lowest BCUT2D eigenvalue weighted by Gasteiger charge is -2.45. The van der Waals surface area contributed by atoms with E-state index in [2.05, 4.69) is 45.6 Å². The van der Waals surface area contributed by atoms with Crippen molar-refractivity contribution in [3.63, 3.8) is 0 Å². The molecule has 0 aliphatic carbocycles. The van der Waals surface area contributed by atoms with Gasteiger partial charge < -0.3 is 19.5 Å². The van der Waals surface area contributed by atoms with Crippen LogP contribution in [0.15, 0.2) is 18.3 Å². The molecule has 3 unspecified atom stereocenters. The first-order valence-electron chi connectivity index (χ1n) is 13.6. The van der Waals surface area contributed by atoms with E-state index in [1.165, 1.54) is 25.7 Å². The van der Waals surface area contributed by atoms with Gasteiger partial charge in [0.15, 0.2) is 0 Å². The third-order valence-electron chi connectivity index (χ3n) is 8.36. The maximum Gasteiger partial charge on any atom is 0.240 e. The number of carbonyl (C=O) groups excluding carboxylic acids is 1. The number of ether oxygens (including phenoxy) is 2. The van der Waals surface area contributed by atoms with E-state index in [0.29, 0.717) is 38.1 Å². The maximum atomic E-state index is 13.1. The summed E-state index contributed by atoms with van der Waals surface area (Å²) >= 11 is 0. The van der Waals surface area contributed by atoms with Gasteiger partial charge in [-0.1, -0.05) is 46.5 Å². The molecule has 1 aromatic carbocycles. The van der Waals surface area contributed by atoms with Gasteiger partial charge >= 0.3 is 0 Å². The fraction of sp³-hybridized carbons (Fsp3) is 0.690. The maximum absolute atomic E-state index is 13.1. The molecule has 0 bridgehead atoms. The zero-order chi connectivity index (χ0) is 25.2. The van der Waals surface area contributed by atoms with Crippen LogP contribution in [0.1, 0.15) is 83.8 Å². The molecule has 1 aromatic rings. The predicted molar refractivity (Wildman–Crippen MR) is 140 cm³/mol. The number of amides is 1. The van der Waals surface area contributed by atoms with E-state index in [0.717, 1.165) is 42.0 Å². The first kappa shape index (κ1) is 26.0. The Bertz CT molecular complexity index is 935. The molecule has 3 heterocycles. The van der Waals surface area contributed by atoms with Crippen molar-refractivity contribution >= 4 is 11.5 Å². The van der Waals surface area contributed by atoms with Crippen LogP contribution in [-0.4, -0.2) is 65.8 Å². The summed E-state index contributed by atoms with van der Waals surface area (Å²) in [6.45, 7) is 15.1. The molecule has 1 N–H and O–H groups in total. The average Bonchev–Trinajstić information content (AvgIpc) is 2.83. The highest BCUT2D eigenvalue weighted by Crippen LogP contribution is 2.52. The van der Waals surface area contributed by atoms with Crippen LogP contribution < -0.4 is 4.74 Å². The summed E-state index contributed by atoms with van der Waals surface area (Å²) in [4.78, 5) is 17.1. The number of aromatic hydroxyl groups is 1. The third kappa shape index (κ3) is 5.69. The second-order valence-electron chi connectivity index (χ2n) is 11.3. The molecule has 35 heavy (non-hydrogen) atoms. The molecule has 1 fully saturated rings. The highest BCUT2D eigenvalue weighted by Gasteiger charge is 2.44. The Labute approximate surface area is 211 Å². The minimum atomic E-state index is -0.404. The molecule has 3 atom stereocenters. The Morgan fingerprint density at radius 1 is 1.17 bits per heavy atom. The third-order valence-corrected chi connectivity index (χ3v) is 8.36. The number of nitrogens with zero attached hydrogens (tertiary/aromatic N) is 2. The first-order valence-corrected chi connectivity index (χ1v) is 13.6. The van der Waals surface area contributed by atoms with Crippen molar-refractivity contribution in [2.75, 3.05) is 39.4 Å². The number of hydrogen-bond donors (Lipinski definition) is 1. The van der Waals surface area contributed by atoms with Crippen LogP contribution in [0, 0.1) is 11.8 Å². The normalized spacial score (nSPS) is 23.5. The quantitative estimate of drug-likeness (QED) is 0.500. The van der Waals surface area contributed by atoms with Crippen molar-refractivity contribution in [3.8, 4) is 11.5 Å². The lowest BCUT2D eigenvalue weighted by molar-refractivity contribution is -0.131. The highest BCUT2D eigenvalue weighted by molar-refractivity contribution is 5.85. The molecular formula is C29H44N2O4. The highest BCUT2D eigenvalue weighted by atomic mass is 16.5. The van der Waals surface area contributed by atoms with Crippen molar-refractivity contribution < 1.29 is 19.4 Å². The van der Waals surface area contributed by atoms with E-state index < -0.39 is 5.60 Å². The van der Waals surface area contributed by atoms with Crippen LogP contribution in [0.3, 0.4) is 0 Å². The minimum absolute atomic E-state index is 0.106. The van der Waals surface area contributed by atoms with Gasteiger partial charge in [-0.25, -0.2) is 0 Å². The molecule has 4 rings (SSSR count). The second-order valence-corrected chi connectivity index (χ2v) is 11.3. The molecule has 0 radical (unpaired) electrons. The lowest BCUT2D eigenvalue weighted by atomic mass is 9.74. The summed E-state index contributed by atoms with van der Waals surface area (Å²) in [7, 11) is 0. The van der Waals surface area contributed by atoms with Gasteiger partial charge in [0.25, 0.3) is 0 Å². The summed E-state index contributed by atoms with van der Waals surface area (Å²) in [5.74, 6) is 2.10. The van der Waals surface area contributed by atoms with Crippen molar-refractivity contribution in [1.29, 1.82) is 0 Å². The van der Waals surface area contributed by atoms with Gasteiger partial charge in [-0.15, -0.1) is 0 Å². The molecule has 6 heteroatoms. The second kappa shape index (κ2) is 10.9. The van der Waals surface area contributed by atoms with E-state index in [1.807, 2.05) is 17.2 Å². The number of phenols is 1. The van der Waals surface area contributed by atoms with Crippen LogP contribution in [0.5, 0.6) is 11.5 Å². The van der Waals surface area contributed by atoms with Crippen molar-refractivity contribution in [1.82, 2.24) is 9.80 Å². The average molecular weight is 485 g/mol. The molecular weight excluding hydrogens is 440 g/mol. The molecule has 194 valence electrons. The van der Waals surface area contributed by atoms with Gasteiger partial charge in [-0.3, -0.25) is 9.69 Å². The van der Waals surface area contributed by atoms with E-state index in [-0.39, 0.29) is 17.6 Å². The van der Waals surface area contributed by atoms with Gasteiger partial charge in [-0.05, 0) is 55.4 Å². The largest absolute Gasteiger partial charge is 0.507 e. The van der Waals surface area contributed by atoms with Crippen LogP contribution in [0.25, 0.3) is 5.57 Å². The number of morpholine rings is 1. The zero-order valence-electron chi connectivity index (χ0n) is 22.3. The van der Waals surface area contributed by atoms with E-state index in [1.54, 1.807) is 0 Å². The van der Waals surface area contributed by atoms with E-state index in [4.69, 9.17) is 9.47 Å². The topological polar surface area (TPSA) is 62.2 Å². The Morgan fingerprint density at radius 2 is 1.91 bits per heavy atom. The van der Waals surface area contributed by atoms with Crippen molar-refractivity contribution in [2.45, 2.75) is 78.2 Å². The van der Waals surface area contributed by atoms with Gasteiger partial charge in [0, 0.05) is 31.8 Å². The molecule has 0 spiro atoms. The fourth-order valence-corrected chi connectivity index (χ4v) is 5.85. The number of carbonyl (C=O) groups is 1. The fourth-order valence-electron chi connectivity index (χ4n) is 5.85. The van der Waals surface area contributed by atoms with E-state index >= 15 is 0 Å². The summed E-state index contributed by atoms with van der Waals surface area (Å²) in [6, 6.07) is 4.05. The Balaban J connectivity index is 1.60. The first-order chi connectivity index (χ1) is 16.7. The van der Waals surface area contributed by atoms with Crippen molar-refractivity contribution in [3.05, 3.63) is 29.5 Å². The Morgan fingerprint density at radius 3 is 2.63 bits per heavy atom. The van der Waals surface area contributed by atoms with Crippen molar-refractivity contribution in [2.24, 2.45) is 11.8 Å². The number of rotatable bonds is 8. The molecule has 6 nitrogen and oxygen atoms in total. The number of phenolic OH excluding ortho intramolecular Hbond substituents is 1.